The third-order valence-corrected chi connectivity index (χ3v) is 27.8. The maximum atomic E-state index is 4.25. The van der Waals surface area contributed by atoms with E-state index in [1.54, 1.807) is 0 Å². The summed E-state index contributed by atoms with van der Waals surface area (Å²) in [7, 11) is 0. The minimum atomic E-state index is 0.635. The van der Waals surface area contributed by atoms with Crippen molar-refractivity contribution < 1.29 is 0 Å². The molecule has 0 bridgehead atoms. The lowest BCUT2D eigenvalue weighted by Crippen LogP contribution is -2.07. The van der Waals surface area contributed by atoms with E-state index in [-0.39, 0.29) is 0 Å². The largest absolute Gasteiger partial charge is 0.252 e. The van der Waals surface area contributed by atoms with Gasteiger partial charge in [-0.3, -0.25) is 9.36 Å². The van der Waals surface area contributed by atoms with Crippen molar-refractivity contribution in [2.24, 2.45) is 94.7 Å². The summed E-state index contributed by atoms with van der Waals surface area (Å²) in [4.78, 5) is 0. The van der Waals surface area contributed by atoms with Gasteiger partial charge < -0.3 is 0 Å². The molecule has 0 aliphatic heterocycles. The van der Waals surface area contributed by atoms with Gasteiger partial charge in [-0.1, -0.05) is 462 Å². The number of hydrogen-bond acceptors (Lipinski definition) is 16. The van der Waals surface area contributed by atoms with Gasteiger partial charge in [-0.25, -0.2) is 28.1 Å². The summed E-state index contributed by atoms with van der Waals surface area (Å²) in [5.74, 6) is 12.6. The Labute approximate surface area is 924 Å². The third kappa shape index (κ3) is 84.5. The van der Waals surface area contributed by atoms with Crippen LogP contribution in [0.5, 0.6) is 0 Å². The second kappa shape index (κ2) is 92.3. The molecule has 8 aromatic rings. The summed E-state index contributed by atoms with van der Waals surface area (Å²) >= 11 is 0. The Hall–Kier alpha value is -6.88. The van der Waals surface area contributed by atoms with Crippen molar-refractivity contribution in [2.75, 3.05) is 0 Å². The lowest BCUT2D eigenvalue weighted by Gasteiger charge is -2.08. The van der Waals surface area contributed by atoms with Gasteiger partial charge in [0, 0.05) is 64.8 Å². The second-order valence-electron chi connectivity index (χ2n) is 51.2. The van der Waals surface area contributed by atoms with E-state index in [1.807, 2.05) is 46.5 Å². The zero-order valence-electron chi connectivity index (χ0n) is 104. The van der Waals surface area contributed by atoms with E-state index in [4.69, 9.17) is 0 Å². The smallest absolute Gasteiger partial charge is 0.0827 e. The van der Waals surface area contributed by atoms with Crippen molar-refractivity contribution in [3.63, 3.8) is 0 Å². The van der Waals surface area contributed by atoms with Gasteiger partial charge in [0.05, 0.1) is 82.7 Å². The molecule has 0 atom stereocenters. The molecule has 0 aliphatic rings. The second-order valence-corrected chi connectivity index (χ2v) is 51.2. The first-order chi connectivity index (χ1) is 71.7. The zero-order chi connectivity index (χ0) is 111. The Balaban J connectivity index is 0.000000857. The molecule has 0 aliphatic carbocycles. The number of rotatable bonds is 78. The lowest BCUT2D eigenvalue weighted by molar-refractivity contribution is 0.462. The molecule has 8 rings (SSSR count). The van der Waals surface area contributed by atoms with Gasteiger partial charge in [0.25, 0.3) is 0 Å². The van der Waals surface area contributed by atoms with Gasteiger partial charge >= 0.3 is 0 Å². The van der Waals surface area contributed by atoms with E-state index < -0.39 is 0 Å². The molecule has 0 N–H and O–H groups in total. The predicted octanol–water partition coefficient (Wildman–Crippen LogP) is 35.0. The highest BCUT2D eigenvalue weighted by Crippen LogP contribution is 2.23. The maximum Gasteiger partial charge on any atom is 0.0827 e. The fourth-order valence-electron chi connectivity index (χ4n) is 17.8. The van der Waals surface area contributed by atoms with Crippen LogP contribution >= 0.6 is 0 Å². The molecule has 24 nitrogen and oxygen atoms in total. The number of aromatic nitrogens is 24. The average molecular weight is 2100 g/mol. The zero-order valence-corrected chi connectivity index (χ0v) is 104. The molecule has 8 aromatic heterocycles. The minimum Gasteiger partial charge on any atom is -0.252 e. The predicted molar refractivity (Wildman–Crippen MR) is 640 cm³/mol. The summed E-state index contributed by atoms with van der Waals surface area (Å²) in [6, 6.07) is 0. The topological polar surface area (TPSA) is 246 Å². The third-order valence-electron chi connectivity index (χ3n) is 27.8. The standard InChI is InChI=1S/7C16H31N3.C14H27N3/c2*1-14(2)9-6-5-7-12-19-16(13-17-18-19)11-8-10-15(3)4;2*1-14(2)9-7-5-6-8-12-19-16(13-17-18-19)11-10-15(3)4;1-14(2)9-7-5-6-8-10-16-13-19(18-17-16)12-11-15(3)4;2*1-14(2)9-7-5-6-8-10-16-13-17-18-19(16)12-11-15(3)4;1-12(2)8-6-5-7-9-14-11-17(16-15-14)10-13(3)4/h7*13-15H,5-12H2,1-4H3;11-13H,5-10H2,1-4H3. The summed E-state index contributed by atoms with van der Waals surface area (Å²) in [6.07, 6.45) is 84.9. The lowest BCUT2D eigenvalue weighted by atomic mass is 10.0. The van der Waals surface area contributed by atoms with E-state index in [0.29, 0.717) is 5.92 Å². The van der Waals surface area contributed by atoms with Crippen LogP contribution in [0.25, 0.3) is 0 Å². The monoisotopic (exact) mass is 2090 g/mol. The van der Waals surface area contributed by atoms with Crippen LogP contribution in [-0.4, -0.2) is 120 Å². The highest BCUT2D eigenvalue weighted by atomic mass is 15.5. The molecule has 0 amide bonds. The fraction of sp³-hybridized carbons (Fsp3) is 0.873. The van der Waals surface area contributed by atoms with Crippen molar-refractivity contribution >= 4 is 0 Å². The molecule has 0 spiro atoms. The molecule has 0 saturated heterocycles. The van der Waals surface area contributed by atoms with Gasteiger partial charge in [0.1, 0.15) is 0 Å². The first-order valence-corrected chi connectivity index (χ1v) is 62.7. The van der Waals surface area contributed by atoms with E-state index in [9.17, 15) is 0 Å². The molecule has 150 heavy (non-hydrogen) atoms. The summed E-state index contributed by atoms with van der Waals surface area (Å²) in [5.41, 5.74) is 10.2. The summed E-state index contributed by atoms with van der Waals surface area (Å²) < 4.78 is 16.6. The Bertz CT molecular complexity index is 3850. The van der Waals surface area contributed by atoms with Crippen molar-refractivity contribution in [3.05, 3.63) is 95.1 Å². The number of unbranched alkanes of at least 4 members (excludes halogenated alkanes) is 21. The minimum absolute atomic E-state index is 0.635. The van der Waals surface area contributed by atoms with Crippen LogP contribution in [0, 0.1) is 94.7 Å². The Morgan fingerprint density at radius 3 is 0.593 bits per heavy atom. The van der Waals surface area contributed by atoms with E-state index in [2.05, 4.69) is 345 Å². The molecule has 0 radical (unpaired) electrons. The molecular weight excluding hydrogens is 1850 g/mol. The quantitative estimate of drug-likeness (QED) is 0.0322. The number of aryl methyl sites for hydroxylation is 15. The Kier molecular flexibility index (Phi) is 86.8. The molecule has 0 unspecified atom stereocenters. The van der Waals surface area contributed by atoms with Gasteiger partial charge in [0.2, 0.25) is 0 Å². The van der Waals surface area contributed by atoms with Crippen molar-refractivity contribution in [2.45, 2.75) is 621 Å². The Morgan fingerprint density at radius 2 is 0.340 bits per heavy atom. The van der Waals surface area contributed by atoms with Crippen LogP contribution in [0.1, 0.15) is 562 Å². The normalized spacial score (nSPS) is 11.7. The average Bonchev–Trinajstić information content (AvgIpc) is 1.78. The van der Waals surface area contributed by atoms with Gasteiger partial charge in [-0.05, 0) is 242 Å². The molecular formula is C126H244N24. The van der Waals surface area contributed by atoms with Crippen LogP contribution in [-0.2, 0) is 104 Å². The molecule has 24 heteroatoms. The van der Waals surface area contributed by atoms with Crippen molar-refractivity contribution in [1.29, 1.82) is 0 Å². The highest BCUT2D eigenvalue weighted by Gasteiger charge is 2.15. The Morgan fingerprint density at radius 1 is 0.153 bits per heavy atom. The molecule has 0 aromatic carbocycles. The number of hydrogen-bond donors (Lipinski definition) is 0. The molecule has 868 valence electrons. The molecule has 0 saturated carbocycles. The van der Waals surface area contributed by atoms with Crippen molar-refractivity contribution in [1.82, 2.24) is 120 Å². The molecule has 8 heterocycles. The maximum absolute atomic E-state index is 4.25. The van der Waals surface area contributed by atoms with E-state index in [0.717, 1.165) is 204 Å². The van der Waals surface area contributed by atoms with Crippen LogP contribution < -0.4 is 0 Å². The first-order valence-electron chi connectivity index (χ1n) is 62.7. The van der Waals surface area contributed by atoms with Crippen LogP contribution in [0.15, 0.2) is 49.6 Å². The highest BCUT2D eigenvalue weighted by molar-refractivity contribution is 5.00. The summed E-state index contributed by atoms with van der Waals surface area (Å²) in [6.45, 7) is 81.0. The van der Waals surface area contributed by atoms with Crippen molar-refractivity contribution in [3.8, 4) is 0 Å². The van der Waals surface area contributed by atoms with Gasteiger partial charge in [0.15, 0.2) is 0 Å². The fourth-order valence-corrected chi connectivity index (χ4v) is 17.8. The van der Waals surface area contributed by atoms with E-state index in [1.165, 1.54) is 330 Å². The van der Waals surface area contributed by atoms with Crippen LogP contribution in [0.3, 0.4) is 0 Å². The SMILES string of the molecule is CC(C)CCCCCCc1cn(CCC(C)C)nn1.CC(C)CCCCCCc1cnnn1CCC(C)C.CC(C)CCCCCCc1cnnn1CCC(C)C.CC(C)CCCCCCn1nncc1CCC(C)C.CC(C)CCCCCCn1nncc1CCC(C)C.CC(C)CCCCCc1cn(CC(C)C)nn1.CC(C)CCCCCn1nncc1CCCC(C)C.CC(C)CCCCCn1nncc1CCCC(C)C. The van der Waals surface area contributed by atoms with Crippen LogP contribution in [0.4, 0.5) is 0 Å². The van der Waals surface area contributed by atoms with E-state index >= 15 is 0 Å². The van der Waals surface area contributed by atoms with Gasteiger partial charge in [-0.2, -0.15) is 0 Å². The first kappa shape index (κ1) is 141. The van der Waals surface area contributed by atoms with Gasteiger partial charge in [-0.15, -0.1) is 40.8 Å². The number of nitrogens with zero attached hydrogens (tertiary/aromatic N) is 24. The summed E-state index contributed by atoms with van der Waals surface area (Å²) in [5, 5.41) is 66.4. The molecule has 0 fully saturated rings. The van der Waals surface area contributed by atoms with Crippen LogP contribution in [0.2, 0.25) is 0 Å².